The van der Waals surface area contributed by atoms with Crippen molar-refractivity contribution in [1.29, 1.82) is 0 Å². The Labute approximate surface area is 116 Å². The third-order valence-electron chi connectivity index (χ3n) is 3.46. The Hall–Kier alpha value is -2.08. The zero-order valence-electron chi connectivity index (χ0n) is 11.0. The van der Waals surface area contributed by atoms with E-state index in [0.29, 0.717) is 18.7 Å². The van der Waals surface area contributed by atoms with Crippen molar-refractivity contribution in [2.75, 3.05) is 13.1 Å². The lowest BCUT2D eigenvalue weighted by Crippen LogP contribution is -2.37. The summed E-state index contributed by atoms with van der Waals surface area (Å²) in [5, 5.41) is 7.86. The molecule has 0 N–H and O–H groups in total. The number of carbonyl (C=O) groups is 1. The summed E-state index contributed by atoms with van der Waals surface area (Å²) in [5.41, 5.74) is 0.456. The molecular weight excluding hydrogens is 259 g/mol. The molecule has 1 aliphatic heterocycles. The SMILES string of the molecule is O=C(Cc1ccccc1F)CN1CCn2cnnc2C1. The van der Waals surface area contributed by atoms with E-state index in [1.807, 2.05) is 9.47 Å². The van der Waals surface area contributed by atoms with Crippen LogP contribution in [0, 0.1) is 5.82 Å². The normalized spacial score (nSPS) is 15.1. The van der Waals surface area contributed by atoms with E-state index in [1.54, 1.807) is 24.5 Å². The fourth-order valence-corrected chi connectivity index (χ4v) is 2.41. The molecule has 0 bridgehead atoms. The highest BCUT2D eigenvalue weighted by Crippen LogP contribution is 2.11. The fourth-order valence-electron chi connectivity index (χ4n) is 2.41. The maximum Gasteiger partial charge on any atom is 0.151 e. The van der Waals surface area contributed by atoms with Crippen LogP contribution in [0.4, 0.5) is 4.39 Å². The average Bonchev–Trinajstić information content (AvgIpc) is 2.89. The molecule has 1 aliphatic rings. The van der Waals surface area contributed by atoms with Gasteiger partial charge in [-0.15, -0.1) is 10.2 Å². The van der Waals surface area contributed by atoms with Crippen molar-refractivity contribution >= 4 is 5.78 Å². The predicted molar refractivity (Wildman–Crippen MR) is 70.4 cm³/mol. The lowest BCUT2D eigenvalue weighted by molar-refractivity contribution is -0.119. The molecule has 0 unspecified atom stereocenters. The van der Waals surface area contributed by atoms with Crippen LogP contribution in [0.5, 0.6) is 0 Å². The molecule has 0 amide bonds. The number of hydrogen-bond donors (Lipinski definition) is 0. The van der Waals surface area contributed by atoms with Crippen LogP contribution < -0.4 is 0 Å². The number of Topliss-reactive ketones (excluding diaryl/α,β-unsaturated/α-hetero) is 1. The van der Waals surface area contributed by atoms with E-state index in [9.17, 15) is 9.18 Å². The van der Waals surface area contributed by atoms with Gasteiger partial charge in [-0.25, -0.2) is 4.39 Å². The molecule has 2 heterocycles. The number of hydrogen-bond acceptors (Lipinski definition) is 4. The third-order valence-corrected chi connectivity index (χ3v) is 3.46. The lowest BCUT2D eigenvalue weighted by Gasteiger charge is -2.26. The summed E-state index contributed by atoms with van der Waals surface area (Å²) in [5.74, 6) is 0.567. The Bertz CT molecular complexity index is 625. The molecule has 104 valence electrons. The maximum absolute atomic E-state index is 13.5. The van der Waals surface area contributed by atoms with E-state index in [0.717, 1.165) is 18.9 Å². The summed E-state index contributed by atoms with van der Waals surface area (Å²) < 4.78 is 15.5. The van der Waals surface area contributed by atoms with Gasteiger partial charge in [0.05, 0.1) is 13.1 Å². The van der Waals surface area contributed by atoms with E-state index < -0.39 is 0 Å². The van der Waals surface area contributed by atoms with Crippen LogP contribution in [0.25, 0.3) is 0 Å². The summed E-state index contributed by atoms with van der Waals surface area (Å²) in [6, 6.07) is 6.40. The summed E-state index contributed by atoms with van der Waals surface area (Å²) in [6.45, 7) is 2.51. The molecule has 0 saturated carbocycles. The minimum absolute atomic E-state index is 0.0167. The number of fused-ring (bicyclic) bond motifs is 1. The summed E-state index contributed by atoms with van der Waals surface area (Å²) in [6.07, 6.45) is 1.84. The average molecular weight is 274 g/mol. The Morgan fingerprint density at radius 2 is 2.15 bits per heavy atom. The second kappa shape index (κ2) is 5.50. The number of halogens is 1. The van der Waals surface area contributed by atoms with Gasteiger partial charge in [-0.2, -0.15) is 0 Å². The Morgan fingerprint density at radius 3 is 3.00 bits per heavy atom. The number of benzene rings is 1. The molecule has 0 spiro atoms. The Morgan fingerprint density at radius 1 is 1.30 bits per heavy atom. The first kappa shape index (κ1) is 12.9. The van der Waals surface area contributed by atoms with Crippen LogP contribution >= 0.6 is 0 Å². The van der Waals surface area contributed by atoms with Crippen LogP contribution in [0.15, 0.2) is 30.6 Å². The Kier molecular flexibility index (Phi) is 3.56. The first-order valence-corrected chi connectivity index (χ1v) is 6.56. The van der Waals surface area contributed by atoms with Gasteiger partial charge in [-0.3, -0.25) is 9.69 Å². The minimum atomic E-state index is -0.320. The van der Waals surface area contributed by atoms with Gasteiger partial charge >= 0.3 is 0 Å². The summed E-state index contributed by atoms with van der Waals surface area (Å²) in [7, 11) is 0. The molecule has 5 nitrogen and oxygen atoms in total. The van der Waals surface area contributed by atoms with Gasteiger partial charge in [0.2, 0.25) is 0 Å². The topological polar surface area (TPSA) is 51.0 Å². The van der Waals surface area contributed by atoms with Crippen LogP contribution in [0.1, 0.15) is 11.4 Å². The van der Waals surface area contributed by atoms with Gasteiger partial charge in [0.1, 0.15) is 18.0 Å². The van der Waals surface area contributed by atoms with Crippen LogP contribution in [-0.2, 0) is 24.3 Å². The quantitative estimate of drug-likeness (QED) is 0.836. The minimum Gasteiger partial charge on any atom is -0.315 e. The van der Waals surface area contributed by atoms with Gasteiger partial charge in [0.25, 0.3) is 0 Å². The van der Waals surface area contributed by atoms with Gasteiger partial charge in [-0.05, 0) is 11.6 Å². The molecule has 2 aromatic rings. The fraction of sp³-hybridized carbons (Fsp3) is 0.357. The van der Waals surface area contributed by atoms with Crippen molar-refractivity contribution in [3.05, 3.63) is 47.8 Å². The highest BCUT2D eigenvalue weighted by Gasteiger charge is 2.19. The van der Waals surface area contributed by atoms with Gasteiger partial charge in [-0.1, -0.05) is 18.2 Å². The number of rotatable bonds is 4. The second-order valence-electron chi connectivity index (χ2n) is 4.96. The second-order valence-corrected chi connectivity index (χ2v) is 4.96. The van der Waals surface area contributed by atoms with E-state index >= 15 is 0 Å². The first-order valence-electron chi connectivity index (χ1n) is 6.56. The van der Waals surface area contributed by atoms with E-state index in [-0.39, 0.29) is 18.0 Å². The highest BCUT2D eigenvalue weighted by atomic mass is 19.1. The highest BCUT2D eigenvalue weighted by molar-refractivity contribution is 5.82. The lowest BCUT2D eigenvalue weighted by atomic mass is 10.1. The molecule has 1 aromatic carbocycles. The number of carbonyl (C=O) groups excluding carboxylic acids is 1. The molecule has 0 atom stereocenters. The Balaban J connectivity index is 1.59. The first-order chi connectivity index (χ1) is 9.72. The summed E-state index contributed by atoms with van der Waals surface area (Å²) >= 11 is 0. The molecule has 0 fully saturated rings. The molecular formula is C14H15FN4O. The van der Waals surface area contributed by atoms with Crippen molar-refractivity contribution in [1.82, 2.24) is 19.7 Å². The largest absolute Gasteiger partial charge is 0.315 e. The van der Waals surface area contributed by atoms with E-state index in [2.05, 4.69) is 10.2 Å². The van der Waals surface area contributed by atoms with Gasteiger partial charge < -0.3 is 4.57 Å². The summed E-state index contributed by atoms with van der Waals surface area (Å²) in [4.78, 5) is 14.1. The van der Waals surface area contributed by atoms with Crippen LogP contribution in [0.2, 0.25) is 0 Å². The molecule has 20 heavy (non-hydrogen) atoms. The van der Waals surface area contributed by atoms with E-state index in [1.165, 1.54) is 6.07 Å². The van der Waals surface area contributed by atoms with Crippen molar-refractivity contribution in [2.45, 2.75) is 19.5 Å². The predicted octanol–water partition coefficient (Wildman–Crippen LogP) is 1.04. The number of ketones is 1. The number of aromatic nitrogens is 3. The smallest absolute Gasteiger partial charge is 0.151 e. The molecule has 6 heteroatoms. The maximum atomic E-state index is 13.5. The van der Waals surface area contributed by atoms with Crippen LogP contribution in [-0.4, -0.2) is 38.5 Å². The zero-order chi connectivity index (χ0) is 13.9. The monoisotopic (exact) mass is 274 g/mol. The molecule has 0 radical (unpaired) electrons. The van der Waals surface area contributed by atoms with Crippen LogP contribution in [0.3, 0.4) is 0 Å². The standard InChI is InChI=1S/C14H15FN4O/c15-13-4-2-1-3-11(13)7-12(20)8-18-5-6-19-10-16-17-14(19)9-18/h1-4,10H,5-9H2. The van der Waals surface area contributed by atoms with Crippen molar-refractivity contribution in [3.63, 3.8) is 0 Å². The van der Waals surface area contributed by atoms with Gasteiger partial charge in [0, 0.05) is 19.5 Å². The molecule has 1 aromatic heterocycles. The zero-order valence-corrected chi connectivity index (χ0v) is 11.0. The van der Waals surface area contributed by atoms with Gasteiger partial charge in [0.15, 0.2) is 5.78 Å². The molecule has 3 rings (SSSR count). The molecule has 0 aliphatic carbocycles. The molecule has 0 saturated heterocycles. The van der Waals surface area contributed by atoms with Crippen molar-refractivity contribution in [2.24, 2.45) is 0 Å². The van der Waals surface area contributed by atoms with Crippen molar-refractivity contribution < 1.29 is 9.18 Å². The van der Waals surface area contributed by atoms with E-state index in [4.69, 9.17) is 0 Å². The van der Waals surface area contributed by atoms with Crippen molar-refractivity contribution in [3.8, 4) is 0 Å². The third kappa shape index (κ3) is 2.75. The number of nitrogens with zero attached hydrogens (tertiary/aromatic N) is 4.